The number of carbonyl (C=O) groups excluding carboxylic acids is 1. The predicted molar refractivity (Wildman–Crippen MR) is 125 cm³/mol. The van der Waals surface area contributed by atoms with Gasteiger partial charge in [0, 0.05) is 5.56 Å². The van der Waals surface area contributed by atoms with Gasteiger partial charge >= 0.3 is 0 Å². The van der Waals surface area contributed by atoms with Crippen LogP contribution in [0.25, 0.3) is 17.2 Å². The first kappa shape index (κ1) is 22.0. The third-order valence-electron chi connectivity index (χ3n) is 4.69. The molecule has 0 aliphatic carbocycles. The van der Waals surface area contributed by atoms with Gasteiger partial charge in [0.2, 0.25) is 0 Å². The van der Waals surface area contributed by atoms with Crippen LogP contribution in [0.4, 0.5) is 8.78 Å². The summed E-state index contributed by atoms with van der Waals surface area (Å²) in [6.45, 7) is 0.251. The Kier molecular flexibility index (Phi) is 6.53. The second kappa shape index (κ2) is 9.50. The number of carbonyl (C=O) groups is 1. The Morgan fingerprint density at radius 3 is 2.50 bits per heavy atom. The number of hydrogen-bond donors (Lipinski definition) is 1. The average Bonchev–Trinajstić information content (AvgIpc) is 3.11. The maximum Gasteiger partial charge on any atom is 0.263 e. The van der Waals surface area contributed by atoms with E-state index in [1.54, 1.807) is 18.2 Å². The van der Waals surface area contributed by atoms with E-state index >= 15 is 0 Å². The van der Waals surface area contributed by atoms with Crippen molar-refractivity contribution in [3.8, 4) is 22.6 Å². The lowest BCUT2D eigenvalue weighted by molar-refractivity contribution is -0.115. The fraction of sp³-hybridized carbons (Fsp3) is 0.0833. The van der Waals surface area contributed by atoms with Crippen LogP contribution < -0.4 is 14.8 Å². The van der Waals surface area contributed by atoms with Crippen molar-refractivity contribution >= 4 is 40.3 Å². The zero-order chi connectivity index (χ0) is 22.7. The topological polar surface area (TPSA) is 47.6 Å². The quantitative estimate of drug-likeness (QED) is 0.370. The summed E-state index contributed by atoms with van der Waals surface area (Å²) in [6.07, 6.45) is 1.66. The molecular weight excluding hydrogens is 452 g/mol. The monoisotopic (exact) mass is 469 g/mol. The van der Waals surface area contributed by atoms with Crippen LogP contribution in [0, 0.1) is 11.6 Å². The summed E-state index contributed by atoms with van der Waals surface area (Å²) < 4.78 is 39.6. The number of ether oxygens (including phenoxy) is 2. The van der Waals surface area contributed by atoms with Gasteiger partial charge in [-0.1, -0.05) is 60.4 Å². The van der Waals surface area contributed by atoms with Gasteiger partial charge in [-0.2, -0.15) is 0 Å². The van der Waals surface area contributed by atoms with Crippen LogP contribution in [0.15, 0.2) is 65.6 Å². The van der Waals surface area contributed by atoms with Crippen molar-refractivity contribution in [2.45, 2.75) is 6.61 Å². The molecule has 0 atom stereocenters. The van der Waals surface area contributed by atoms with Crippen molar-refractivity contribution in [1.29, 1.82) is 0 Å². The Morgan fingerprint density at radius 2 is 1.84 bits per heavy atom. The second-order valence-electron chi connectivity index (χ2n) is 6.86. The molecule has 1 aliphatic rings. The molecule has 162 valence electrons. The van der Waals surface area contributed by atoms with Crippen LogP contribution in [0.1, 0.15) is 11.1 Å². The summed E-state index contributed by atoms with van der Waals surface area (Å²) in [4.78, 5) is 12.5. The van der Waals surface area contributed by atoms with Gasteiger partial charge in [-0.3, -0.25) is 4.79 Å². The standard InChI is InChI=1S/C24H17F2NO3S2/c1-29-20-10-15(11-21-23(28)27-24(31)32-21)9-17(16-7-8-18(25)19(26)12-16)22(20)30-13-14-5-3-2-4-6-14/h2-12H,13H2,1H3,(H,27,28,31)/b21-11-. The molecule has 1 saturated heterocycles. The van der Waals surface area contributed by atoms with Crippen LogP contribution in [0.5, 0.6) is 11.5 Å². The van der Waals surface area contributed by atoms with Gasteiger partial charge in [0.25, 0.3) is 5.91 Å². The Labute approximate surface area is 193 Å². The number of thiocarbonyl (C=S) groups is 1. The first-order chi connectivity index (χ1) is 15.4. The summed E-state index contributed by atoms with van der Waals surface area (Å²) in [7, 11) is 1.49. The largest absolute Gasteiger partial charge is 0.493 e. The van der Waals surface area contributed by atoms with E-state index in [-0.39, 0.29) is 12.5 Å². The van der Waals surface area contributed by atoms with E-state index in [1.165, 1.54) is 13.2 Å². The Morgan fingerprint density at radius 1 is 1.06 bits per heavy atom. The van der Waals surface area contributed by atoms with Gasteiger partial charge in [0.1, 0.15) is 10.9 Å². The molecule has 0 spiro atoms. The highest BCUT2D eigenvalue weighted by Crippen LogP contribution is 2.41. The van der Waals surface area contributed by atoms with E-state index in [1.807, 2.05) is 30.3 Å². The summed E-state index contributed by atoms with van der Waals surface area (Å²) in [5.41, 5.74) is 2.46. The number of nitrogens with one attached hydrogen (secondary N) is 1. The molecule has 4 rings (SSSR count). The molecule has 32 heavy (non-hydrogen) atoms. The van der Waals surface area contributed by atoms with Gasteiger partial charge < -0.3 is 14.8 Å². The van der Waals surface area contributed by atoms with E-state index in [9.17, 15) is 13.6 Å². The van der Waals surface area contributed by atoms with Crippen LogP contribution >= 0.6 is 24.0 Å². The number of benzene rings is 3. The normalized spacial score (nSPS) is 14.5. The lowest BCUT2D eigenvalue weighted by Gasteiger charge is -2.17. The molecule has 3 aromatic rings. The molecule has 4 nitrogen and oxygen atoms in total. The van der Waals surface area contributed by atoms with Crippen LogP contribution in [-0.2, 0) is 11.4 Å². The molecule has 0 saturated carbocycles. The summed E-state index contributed by atoms with van der Waals surface area (Å²) in [6, 6.07) is 16.6. The Hall–Kier alpha value is -3.23. The molecule has 1 heterocycles. The minimum Gasteiger partial charge on any atom is -0.493 e. The summed E-state index contributed by atoms with van der Waals surface area (Å²) >= 11 is 6.19. The first-order valence-corrected chi connectivity index (χ1v) is 10.8. The maximum atomic E-state index is 14.0. The van der Waals surface area contributed by atoms with E-state index < -0.39 is 11.6 Å². The predicted octanol–water partition coefficient (Wildman–Crippen LogP) is 5.71. The van der Waals surface area contributed by atoms with Gasteiger partial charge in [0.05, 0.1) is 12.0 Å². The molecular formula is C24H17F2NO3S2. The first-order valence-electron chi connectivity index (χ1n) is 9.53. The van der Waals surface area contributed by atoms with Crippen LogP contribution in [0.3, 0.4) is 0 Å². The lowest BCUT2D eigenvalue weighted by Crippen LogP contribution is -2.17. The fourth-order valence-corrected chi connectivity index (χ4v) is 4.23. The molecule has 1 aliphatic heterocycles. The van der Waals surface area contributed by atoms with Gasteiger partial charge in [0.15, 0.2) is 23.1 Å². The molecule has 8 heteroatoms. The highest BCUT2D eigenvalue weighted by Gasteiger charge is 2.23. The Bertz CT molecular complexity index is 1230. The third-order valence-corrected chi connectivity index (χ3v) is 5.86. The van der Waals surface area contributed by atoms with E-state index in [0.717, 1.165) is 29.5 Å². The van der Waals surface area contributed by atoms with Crippen molar-refractivity contribution in [2.24, 2.45) is 0 Å². The highest BCUT2D eigenvalue weighted by atomic mass is 32.2. The molecule has 3 aromatic carbocycles. The summed E-state index contributed by atoms with van der Waals surface area (Å²) in [5, 5.41) is 2.57. The molecule has 1 fully saturated rings. The smallest absolute Gasteiger partial charge is 0.263 e. The van der Waals surface area contributed by atoms with Crippen molar-refractivity contribution in [1.82, 2.24) is 5.32 Å². The molecule has 0 radical (unpaired) electrons. The number of halogens is 2. The summed E-state index contributed by atoms with van der Waals surface area (Å²) in [5.74, 6) is -1.45. The number of thioether (sulfide) groups is 1. The lowest BCUT2D eigenvalue weighted by atomic mass is 10.00. The molecule has 0 aromatic heterocycles. The van der Waals surface area contributed by atoms with Gasteiger partial charge in [-0.25, -0.2) is 8.78 Å². The minimum atomic E-state index is -0.977. The van der Waals surface area contributed by atoms with E-state index in [4.69, 9.17) is 21.7 Å². The highest BCUT2D eigenvalue weighted by molar-refractivity contribution is 8.26. The molecule has 1 N–H and O–H groups in total. The molecule has 1 amide bonds. The van der Waals surface area contributed by atoms with Gasteiger partial charge in [-0.05, 0) is 47.0 Å². The zero-order valence-corrected chi connectivity index (χ0v) is 18.5. The number of rotatable bonds is 6. The van der Waals surface area contributed by atoms with E-state index in [2.05, 4.69) is 5.32 Å². The van der Waals surface area contributed by atoms with Crippen molar-refractivity contribution in [3.05, 3.63) is 88.3 Å². The van der Waals surface area contributed by atoms with Crippen molar-refractivity contribution in [2.75, 3.05) is 7.11 Å². The SMILES string of the molecule is COc1cc(/C=C2\SC(=S)NC2=O)cc(-c2ccc(F)c(F)c2)c1OCc1ccccc1. The second-order valence-corrected chi connectivity index (χ2v) is 8.57. The minimum absolute atomic E-state index is 0.251. The average molecular weight is 470 g/mol. The van der Waals surface area contributed by atoms with Crippen molar-refractivity contribution in [3.63, 3.8) is 0 Å². The van der Waals surface area contributed by atoms with Crippen LogP contribution in [0.2, 0.25) is 0 Å². The maximum absolute atomic E-state index is 14.0. The molecule has 0 unspecified atom stereocenters. The number of hydrogen-bond acceptors (Lipinski definition) is 5. The Balaban J connectivity index is 1.81. The van der Waals surface area contributed by atoms with E-state index in [0.29, 0.717) is 37.4 Å². The van der Waals surface area contributed by atoms with Gasteiger partial charge in [-0.15, -0.1) is 0 Å². The number of methoxy groups -OCH3 is 1. The number of amides is 1. The molecule has 0 bridgehead atoms. The fourth-order valence-electron chi connectivity index (χ4n) is 3.19. The van der Waals surface area contributed by atoms with Crippen LogP contribution in [-0.4, -0.2) is 17.3 Å². The van der Waals surface area contributed by atoms with Crippen molar-refractivity contribution < 1.29 is 23.0 Å². The zero-order valence-electron chi connectivity index (χ0n) is 16.9. The third kappa shape index (κ3) is 4.81.